The first-order valence-corrected chi connectivity index (χ1v) is 6.58. The highest BCUT2D eigenvalue weighted by Gasteiger charge is 1.98. The predicted octanol–water partition coefficient (Wildman–Crippen LogP) is 2.39. The Morgan fingerprint density at radius 3 is 3.00 bits per heavy atom. The van der Waals surface area contributed by atoms with Crippen molar-refractivity contribution in [3.63, 3.8) is 0 Å². The van der Waals surface area contributed by atoms with Crippen molar-refractivity contribution in [3.05, 3.63) is 40.6 Å². The van der Waals surface area contributed by atoms with E-state index in [0.29, 0.717) is 5.11 Å². The quantitative estimate of drug-likeness (QED) is 0.858. The number of nitrogens with zero attached hydrogens (tertiary/aromatic N) is 2. The Morgan fingerprint density at radius 1 is 1.50 bits per heavy atom. The van der Waals surface area contributed by atoms with Crippen LogP contribution in [0.3, 0.4) is 0 Å². The molecule has 2 aromatic rings. The molecule has 94 valence electrons. The van der Waals surface area contributed by atoms with Crippen LogP contribution in [-0.2, 0) is 7.05 Å². The number of hydrogen-bond donors (Lipinski definition) is 1. The van der Waals surface area contributed by atoms with Crippen LogP contribution >= 0.6 is 23.6 Å². The smallest absolute Gasteiger partial charge is 0.199 e. The lowest BCUT2D eigenvalue weighted by Crippen LogP contribution is -2.15. The second-order valence-corrected chi connectivity index (χ2v) is 4.83. The number of ether oxygens (including phenoxy) is 1. The highest BCUT2D eigenvalue weighted by atomic mass is 32.1. The van der Waals surface area contributed by atoms with Crippen LogP contribution in [-0.4, -0.2) is 16.8 Å². The van der Waals surface area contributed by atoms with Crippen molar-refractivity contribution < 1.29 is 4.74 Å². The van der Waals surface area contributed by atoms with Crippen LogP contribution in [0.25, 0.3) is 0 Å². The summed E-state index contributed by atoms with van der Waals surface area (Å²) in [5.41, 5.74) is 0.863. The van der Waals surface area contributed by atoms with Gasteiger partial charge in [-0.1, -0.05) is 6.07 Å². The number of hydrogen-bond acceptors (Lipinski definition) is 3. The standard InChI is InChI=1S/C12H13N3OS2/c1-15-6-7-18-12(15)14-11(17)13-9-4-3-5-10(8-9)16-2/h3-8H,1-2H3,(H,13,17). The molecule has 0 amide bonds. The summed E-state index contributed by atoms with van der Waals surface area (Å²) in [6, 6.07) is 7.56. The lowest BCUT2D eigenvalue weighted by atomic mass is 10.3. The lowest BCUT2D eigenvalue weighted by Gasteiger charge is -2.05. The molecule has 0 spiro atoms. The molecule has 0 fully saturated rings. The Kier molecular flexibility index (Phi) is 4.11. The lowest BCUT2D eigenvalue weighted by molar-refractivity contribution is 0.415. The van der Waals surface area contributed by atoms with E-state index in [0.717, 1.165) is 16.2 Å². The average Bonchev–Trinajstić information content (AvgIpc) is 2.75. The number of anilines is 1. The fourth-order valence-electron chi connectivity index (χ4n) is 1.37. The van der Waals surface area contributed by atoms with Gasteiger partial charge >= 0.3 is 0 Å². The van der Waals surface area contributed by atoms with Gasteiger partial charge in [0, 0.05) is 30.4 Å². The van der Waals surface area contributed by atoms with Gasteiger partial charge in [0.1, 0.15) is 5.75 Å². The monoisotopic (exact) mass is 279 g/mol. The Bertz CT molecular complexity index is 616. The van der Waals surface area contributed by atoms with E-state index >= 15 is 0 Å². The summed E-state index contributed by atoms with van der Waals surface area (Å²) >= 11 is 6.74. The number of thiocarbonyl (C=S) groups is 1. The maximum atomic E-state index is 5.20. The summed E-state index contributed by atoms with van der Waals surface area (Å²) in [7, 11) is 3.57. The number of rotatable bonds is 2. The van der Waals surface area contributed by atoms with Crippen LogP contribution < -0.4 is 14.9 Å². The number of benzene rings is 1. The minimum absolute atomic E-state index is 0.432. The molecule has 0 bridgehead atoms. The second-order valence-electron chi connectivity index (χ2n) is 3.57. The zero-order valence-corrected chi connectivity index (χ0v) is 11.7. The number of nitrogens with one attached hydrogen (secondary N) is 1. The first-order valence-electron chi connectivity index (χ1n) is 5.29. The van der Waals surface area contributed by atoms with E-state index in [1.165, 1.54) is 0 Å². The number of thiazole rings is 1. The van der Waals surface area contributed by atoms with E-state index in [2.05, 4.69) is 10.3 Å². The molecule has 0 saturated carbocycles. The summed E-state index contributed by atoms with van der Waals surface area (Å²) in [6.07, 6.45) is 1.94. The van der Waals surface area contributed by atoms with Gasteiger partial charge < -0.3 is 14.6 Å². The van der Waals surface area contributed by atoms with Gasteiger partial charge in [-0.25, -0.2) is 0 Å². The van der Waals surface area contributed by atoms with E-state index in [9.17, 15) is 0 Å². The maximum absolute atomic E-state index is 5.20. The third-order valence-electron chi connectivity index (χ3n) is 2.28. The largest absolute Gasteiger partial charge is 0.497 e. The molecule has 0 saturated heterocycles. The summed E-state index contributed by atoms with van der Waals surface area (Å²) in [5.74, 6) is 0.782. The molecule has 18 heavy (non-hydrogen) atoms. The zero-order chi connectivity index (χ0) is 13.0. The highest BCUT2D eigenvalue weighted by molar-refractivity contribution is 7.80. The van der Waals surface area contributed by atoms with Gasteiger partial charge in [-0.15, -0.1) is 11.3 Å². The van der Waals surface area contributed by atoms with Crippen molar-refractivity contribution in [2.24, 2.45) is 12.0 Å². The normalized spacial score (nSPS) is 11.3. The van der Waals surface area contributed by atoms with E-state index in [1.54, 1.807) is 18.4 Å². The summed E-state index contributed by atoms with van der Waals surface area (Å²) in [4.78, 5) is 5.19. The molecular formula is C12H13N3OS2. The molecule has 0 aliphatic carbocycles. The molecule has 0 atom stereocenters. The third kappa shape index (κ3) is 3.18. The Hall–Kier alpha value is -1.66. The van der Waals surface area contributed by atoms with E-state index in [4.69, 9.17) is 17.0 Å². The second kappa shape index (κ2) is 5.79. The van der Waals surface area contributed by atoms with E-state index in [-0.39, 0.29) is 0 Å². The van der Waals surface area contributed by atoms with Crippen molar-refractivity contribution in [3.8, 4) is 5.75 Å². The highest BCUT2D eigenvalue weighted by Crippen LogP contribution is 2.16. The Labute approximate surface area is 115 Å². The van der Waals surface area contributed by atoms with Crippen molar-refractivity contribution in [1.29, 1.82) is 0 Å². The first kappa shape index (κ1) is 12.8. The number of aromatic nitrogens is 1. The van der Waals surface area contributed by atoms with Gasteiger partial charge in [0.2, 0.25) is 0 Å². The molecule has 0 aliphatic heterocycles. The van der Waals surface area contributed by atoms with Crippen LogP contribution in [0.1, 0.15) is 0 Å². The van der Waals surface area contributed by atoms with Crippen LogP contribution in [0, 0.1) is 0 Å². The average molecular weight is 279 g/mol. The van der Waals surface area contributed by atoms with Crippen LogP contribution in [0.2, 0.25) is 0 Å². The molecule has 1 aromatic heterocycles. The van der Waals surface area contributed by atoms with Crippen LogP contribution in [0.5, 0.6) is 5.75 Å². The molecule has 1 aromatic carbocycles. The molecule has 4 nitrogen and oxygen atoms in total. The first-order chi connectivity index (χ1) is 8.69. The molecule has 1 N–H and O–H groups in total. The zero-order valence-electron chi connectivity index (χ0n) is 10.1. The molecule has 0 radical (unpaired) electrons. The minimum Gasteiger partial charge on any atom is -0.497 e. The molecule has 2 rings (SSSR count). The van der Waals surface area contributed by atoms with Gasteiger partial charge in [-0.05, 0) is 24.4 Å². The van der Waals surface area contributed by atoms with Crippen molar-refractivity contribution in [1.82, 2.24) is 4.57 Å². The summed E-state index contributed by atoms with van der Waals surface area (Å²) in [5, 5.41) is 5.46. The molecule has 0 unspecified atom stereocenters. The fourth-order valence-corrected chi connectivity index (χ4v) is 2.37. The summed E-state index contributed by atoms with van der Waals surface area (Å²) in [6.45, 7) is 0. The van der Waals surface area contributed by atoms with Gasteiger partial charge in [0.15, 0.2) is 9.91 Å². The minimum atomic E-state index is 0.432. The van der Waals surface area contributed by atoms with E-state index < -0.39 is 0 Å². The fraction of sp³-hybridized carbons (Fsp3) is 0.167. The third-order valence-corrected chi connectivity index (χ3v) is 3.32. The van der Waals surface area contributed by atoms with E-state index in [1.807, 2.05) is 47.5 Å². The molecule has 1 heterocycles. The SMILES string of the molecule is COc1cccc(NC(=S)N=c2sccn2C)c1. The van der Waals surface area contributed by atoms with Gasteiger partial charge in [0.25, 0.3) is 0 Å². The Balaban J connectivity index is 2.15. The number of aryl methyl sites for hydroxylation is 1. The van der Waals surface area contributed by atoms with Gasteiger partial charge in [-0.3, -0.25) is 0 Å². The van der Waals surface area contributed by atoms with Crippen LogP contribution in [0.15, 0.2) is 40.8 Å². The molecule has 6 heteroatoms. The topological polar surface area (TPSA) is 38.5 Å². The molecular weight excluding hydrogens is 266 g/mol. The number of methoxy groups -OCH3 is 1. The summed E-state index contributed by atoms with van der Waals surface area (Å²) < 4.78 is 7.07. The molecule has 0 aliphatic rings. The predicted molar refractivity (Wildman–Crippen MR) is 78.1 cm³/mol. The van der Waals surface area contributed by atoms with Crippen molar-refractivity contribution in [2.75, 3.05) is 12.4 Å². The Morgan fingerprint density at radius 2 is 2.33 bits per heavy atom. The van der Waals surface area contributed by atoms with Gasteiger partial charge in [0.05, 0.1) is 7.11 Å². The van der Waals surface area contributed by atoms with Gasteiger partial charge in [-0.2, -0.15) is 4.99 Å². The maximum Gasteiger partial charge on any atom is 0.199 e. The van der Waals surface area contributed by atoms with Crippen molar-refractivity contribution >= 4 is 34.4 Å². The van der Waals surface area contributed by atoms with Crippen molar-refractivity contribution in [2.45, 2.75) is 0 Å². The van der Waals surface area contributed by atoms with Crippen LogP contribution in [0.4, 0.5) is 5.69 Å².